The zero-order chi connectivity index (χ0) is 49.2. The first-order valence-corrected chi connectivity index (χ1v) is 28.3. The Morgan fingerprint density at radius 3 is 1.30 bits per heavy atom. The summed E-state index contributed by atoms with van der Waals surface area (Å²) in [5.41, 5.74) is 0. The second kappa shape index (κ2) is 42.9. The zero-order valence-corrected chi connectivity index (χ0v) is 42.8. The quantitative estimate of drug-likeness (QED) is 0.0145. The van der Waals surface area contributed by atoms with E-state index in [0.717, 1.165) is 57.8 Å². The van der Waals surface area contributed by atoms with E-state index < -0.39 is 75.7 Å². The van der Waals surface area contributed by atoms with Gasteiger partial charge >= 0.3 is 19.8 Å². The molecule has 1 rings (SSSR count). The van der Waals surface area contributed by atoms with Crippen molar-refractivity contribution in [3.8, 4) is 0 Å². The number of rotatable bonds is 45. The molecule has 13 nitrogen and oxygen atoms in total. The van der Waals surface area contributed by atoms with Crippen molar-refractivity contribution in [2.75, 3.05) is 13.2 Å². The molecule has 6 N–H and O–H groups in total. The number of hydrogen-bond acceptors (Lipinski definition) is 12. The predicted octanol–water partition coefficient (Wildman–Crippen LogP) is 11.7. The van der Waals surface area contributed by atoms with Gasteiger partial charge in [0.2, 0.25) is 0 Å². The Hall–Kier alpha value is -1.93. The lowest BCUT2D eigenvalue weighted by Crippen LogP contribution is -2.64. The van der Waals surface area contributed by atoms with Gasteiger partial charge in [0.1, 0.15) is 43.2 Å². The van der Waals surface area contributed by atoms with Crippen molar-refractivity contribution in [3.05, 3.63) is 36.5 Å². The Balaban J connectivity index is 2.38. The average Bonchev–Trinajstić information content (AvgIpc) is 3.31. The van der Waals surface area contributed by atoms with Crippen LogP contribution in [0.15, 0.2) is 36.5 Å². The molecule has 0 aromatic carbocycles. The number of carbonyl (C=O) groups is 2. The highest BCUT2D eigenvalue weighted by molar-refractivity contribution is 7.47. The highest BCUT2D eigenvalue weighted by Crippen LogP contribution is 2.47. The summed E-state index contributed by atoms with van der Waals surface area (Å²) in [5, 5.41) is 50.3. The Bertz CT molecular complexity index is 1310. The molecule has 67 heavy (non-hydrogen) atoms. The number of phosphoric acid groups is 1. The van der Waals surface area contributed by atoms with E-state index in [2.05, 4.69) is 50.3 Å². The topological polar surface area (TPSA) is 210 Å². The molecule has 1 saturated carbocycles. The average molecular weight is 973 g/mol. The van der Waals surface area contributed by atoms with Crippen LogP contribution >= 0.6 is 7.82 Å². The minimum atomic E-state index is -5.13. The van der Waals surface area contributed by atoms with Gasteiger partial charge in [0.25, 0.3) is 0 Å². The fraction of sp³-hybridized carbons (Fsp3) is 0.849. The molecule has 392 valence electrons. The number of unbranched alkanes of at least 4 members (excludes halogenated alkanes) is 27. The Morgan fingerprint density at radius 2 is 0.821 bits per heavy atom. The molecule has 0 spiro atoms. The first-order chi connectivity index (χ1) is 32.4. The number of phosphoric ester groups is 1. The summed E-state index contributed by atoms with van der Waals surface area (Å²) in [7, 11) is -5.13. The van der Waals surface area contributed by atoms with Crippen LogP contribution in [-0.4, -0.2) is 98.3 Å². The SMILES string of the molecule is CCCCC/C=C/C/C=C/CCCCCCCC(=O)OC[C@H](COP(=O)(O)OC1C(O)C(O)C(O)[C@@H](O)C1O)OC(=O)CCC/C=C/CCCCCCCCCCCCCCCCCCCC. The largest absolute Gasteiger partial charge is 0.472 e. The molecule has 6 unspecified atom stereocenters. The van der Waals surface area contributed by atoms with Gasteiger partial charge in [-0.25, -0.2) is 4.57 Å². The number of allylic oxidation sites excluding steroid dienone is 6. The van der Waals surface area contributed by atoms with Crippen molar-refractivity contribution < 1.29 is 63.1 Å². The maximum atomic E-state index is 12.8. The number of esters is 2. The van der Waals surface area contributed by atoms with Crippen molar-refractivity contribution in [2.24, 2.45) is 0 Å². The molecule has 14 heteroatoms. The molecule has 0 aromatic heterocycles. The van der Waals surface area contributed by atoms with E-state index in [9.17, 15) is 44.6 Å². The molecule has 1 aliphatic carbocycles. The summed E-state index contributed by atoms with van der Waals surface area (Å²) in [6.45, 7) is 3.27. The maximum absolute atomic E-state index is 12.8. The highest BCUT2D eigenvalue weighted by Gasteiger charge is 2.51. The van der Waals surface area contributed by atoms with E-state index in [1.807, 2.05) is 0 Å². The lowest BCUT2D eigenvalue weighted by Gasteiger charge is -2.41. The molecule has 0 bridgehead atoms. The third kappa shape index (κ3) is 34.9. The van der Waals surface area contributed by atoms with Crippen LogP contribution in [0, 0.1) is 0 Å². The van der Waals surface area contributed by atoms with Gasteiger partial charge in [0.05, 0.1) is 6.61 Å². The van der Waals surface area contributed by atoms with E-state index in [1.54, 1.807) is 0 Å². The molecule has 0 radical (unpaired) electrons. The van der Waals surface area contributed by atoms with Crippen molar-refractivity contribution >= 4 is 19.8 Å². The van der Waals surface area contributed by atoms with Crippen LogP contribution in [0.25, 0.3) is 0 Å². The number of ether oxygens (including phenoxy) is 2. The first-order valence-electron chi connectivity index (χ1n) is 26.8. The van der Waals surface area contributed by atoms with Gasteiger partial charge < -0.3 is 39.9 Å². The van der Waals surface area contributed by atoms with Crippen LogP contribution in [0.2, 0.25) is 0 Å². The second-order valence-electron chi connectivity index (χ2n) is 18.7. The van der Waals surface area contributed by atoms with Crippen molar-refractivity contribution in [2.45, 2.75) is 275 Å². The van der Waals surface area contributed by atoms with Gasteiger partial charge in [-0.15, -0.1) is 0 Å². The Kier molecular flexibility index (Phi) is 40.4. The van der Waals surface area contributed by atoms with E-state index in [1.165, 1.54) is 128 Å². The third-order valence-electron chi connectivity index (χ3n) is 12.5. The van der Waals surface area contributed by atoms with E-state index in [-0.39, 0.29) is 12.8 Å². The fourth-order valence-corrected chi connectivity index (χ4v) is 9.12. The zero-order valence-electron chi connectivity index (χ0n) is 41.9. The number of hydrogen-bond donors (Lipinski definition) is 6. The molecular weight excluding hydrogens is 876 g/mol. The van der Waals surface area contributed by atoms with Gasteiger partial charge in [-0.3, -0.25) is 18.6 Å². The van der Waals surface area contributed by atoms with E-state index in [0.29, 0.717) is 19.3 Å². The van der Waals surface area contributed by atoms with E-state index in [4.69, 9.17) is 18.5 Å². The van der Waals surface area contributed by atoms with Crippen LogP contribution in [0.1, 0.15) is 232 Å². The molecule has 0 aromatic rings. The van der Waals surface area contributed by atoms with E-state index >= 15 is 0 Å². The molecule has 0 amide bonds. The minimum Gasteiger partial charge on any atom is -0.462 e. The van der Waals surface area contributed by atoms with Gasteiger partial charge in [0.15, 0.2) is 6.10 Å². The van der Waals surface area contributed by atoms with Gasteiger partial charge in [0, 0.05) is 12.8 Å². The second-order valence-corrected chi connectivity index (χ2v) is 20.1. The maximum Gasteiger partial charge on any atom is 0.472 e. The summed E-state index contributed by atoms with van der Waals surface area (Å²) in [6.07, 6.45) is 37.8. The van der Waals surface area contributed by atoms with Crippen molar-refractivity contribution in [1.82, 2.24) is 0 Å². The van der Waals surface area contributed by atoms with Crippen LogP contribution < -0.4 is 0 Å². The van der Waals surface area contributed by atoms with Gasteiger partial charge in [-0.05, 0) is 64.2 Å². The van der Waals surface area contributed by atoms with Crippen LogP contribution in [0.4, 0.5) is 0 Å². The standard InChI is InChI=1S/C53H97O13P/c1-3-5-7-9-11-13-15-17-19-20-21-22-23-24-25-26-28-30-32-34-36-38-40-42-47(55)65-45(44-64-67(61,62)66-53-51(59)49(57)48(56)50(58)52(53)60)43-63-46(54)41-39-37-35-33-31-29-27-18-16-14-12-10-8-6-4-2/h12,14,18,27,34,36,45,48-53,56-60H,3-11,13,15-17,19-26,28-33,35,37-44H2,1-2H3,(H,61,62)/b14-12+,27-18+,36-34+/t45-,48?,49-,50?,51?,52?,53?/m1/s1. The number of carbonyl (C=O) groups excluding carboxylic acids is 2. The first kappa shape index (κ1) is 63.1. The third-order valence-corrected chi connectivity index (χ3v) is 13.4. The molecule has 0 aliphatic heterocycles. The monoisotopic (exact) mass is 973 g/mol. The van der Waals surface area contributed by atoms with Crippen LogP contribution in [-0.2, 0) is 32.7 Å². The number of aliphatic hydroxyl groups excluding tert-OH is 5. The lowest BCUT2D eigenvalue weighted by atomic mass is 9.85. The summed E-state index contributed by atoms with van der Waals surface area (Å²) < 4.78 is 33.6. The fourth-order valence-electron chi connectivity index (χ4n) is 8.15. The molecule has 8 atom stereocenters. The van der Waals surface area contributed by atoms with Crippen LogP contribution in [0.3, 0.4) is 0 Å². The predicted molar refractivity (Wildman–Crippen MR) is 267 cm³/mol. The summed E-state index contributed by atoms with van der Waals surface area (Å²) >= 11 is 0. The highest BCUT2D eigenvalue weighted by atomic mass is 31.2. The molecule has 1 fully saturated rings. The van der Waals surface area contributed by atoms with Gasteiger partial charge in [-0.1, -0.05) is 192 Å². The van der Waals surface area contributed by atoms with Crippen molar-refractivity contribution in [3.63, 3.8) is 0 Å². The normalized spacial score (nSPS) is 21.4. The van der Waals surface area contributed by atoms with Crippen molar-refractivity contribution in [1.29, 1.82) is 0 Å². The Labute approximate surface area is 406 Å². The molecule has 1 aliphatic rings. The summed E-state index contributed by atoms with van der Waals surface area (Å²) in [4.78, 5) is 35.8. The van der Waals surface area contributed by atoms with Crippen LogP contribution in [0.5, 0.6) is 0 Å². The summed E-state index contributed by atoms with van der Waals surface area (Å²) in [5.74, 6) is -1.15. The van der Waals surface area contributed by atoms with Gasteiger partial charge in [-0.2, -0.15) is 0 Å². The lowest BCUT2D eigenvalue weighted by molar-refractivity contribution is -0.220. The Morgan fingerprint density at radius 1 is 0.463 bits per heavy atom. The molecular formula is C53H97O13P. The molecule has 0 heterocycles. The summed E-state index contributed by atoms with van der Waals surface area (Å²) in [6, 6.07) is 0. The molecule has 0 saturated heterocycles. The number of aliphatic hydroxyl groups is 5. The minimum absolute atomic E-state index is 0.0474. The smallest absolute Gasteiger partial charge is 0.462 e.